The fourth-order valence-electron chi connectivity index (χ4n) is 4.88. The molecule has 19 heavy (non-hydrogen) atoms. The molecule has 1 aromatic carbocycles. The molecule has 4 atom stereocenters. The zero-order chi connectivity index (χ0) is 13.0. The molecule has 0 N–H and O–H groups in total. The molecular weight excluding hydrogens is 236 g/mol. The van der Waals surface area contributed by atoms with E-state index < -0.39 is 0 Å². The molecule has 0 heterocycles. The van der Waals surface area contributed by atoms with Gasteiger partial charge in [-0.25, -0.2) is 0 Å². The van der Waals surface area contributed by atoms with E-state index in [1.807, 2.05) is 12.1 Å². The van der Waals surface area contributed by atoms with Gasteiger partial charge in [0.25, 0.3) is 0 Å². The molecule has 2 bridgehead atoms. The van der Waals surface area contributed by atoms with Crippen LogP contribution < -0.4 is 4.74 Å². The maximum absolute atomic E-state index is 12.9. The lowest BCUT2D eigenvalue weighted by molar-refractivity contribution is 0.0810. The summed E-state index contributed by atoms with van der Waals surface area (Å²) in [4.78, 5) is 12.9. The van der Waals surface area contributed by atoms with Crippen LogP contribution in [0.15, 0.2) is 18.2 Å². The van der Waals surface area contributed by atoms with Crippen molar-refractivity contribution in [1.82, 2.24) is 0 Å². The molecule has 0 amide bonds. The normalized spacial score (nSPS) is 35.7. The average molecular weight is 256 g/mol. The third-order valence-electron chi connectivity index (χ3n) is 5.72. The Kier molecular flexibility index (Phi) is 2.48. The van der Waals surface area contributed by atoms with E-state index in [4.69, 9.17) is 4.74 Å². The second-order valence-corrected chi connectivity index (χ2v) is 6.45. The average Bonchev–Trinajstić information content (AvgIpc) is 3.01. The highest BCUT2D eigenvalue weighted by Gasteiger charge is 2.51. The molecule has 100 valence electrons. The lowest BCUT2D eigenvalue weighted by Crippen LogP contribution is -2.28. The van der Waals surface area contributed by atoms with Gasteiger partial charge in [0.05, 0.1) is 7.11 Å². The zero-order valence-electron chi connectivity index (χ0n) is 11.4. The van der Waals surface area contributed by atoms with E-state index in [0.717, 1.165) is 23.7 Å². The van der Waals surface area contributed by atoms with Crippen LogP contribution in [0, 0.1) is 23.7 Å². The van der Waals surface area contributed by atoms with Gasteiger partial charge in [-0.1, -0.05) is 0 Å². The number of carbonyl (C=O) groups excluding carboxylic acids is 1. The summed E-state index contributed by atoms with van der Waals surface area (Å²) >= 11 is 0. The number of fused-ring (bicyclic) bond motifs is 6. The summed E-state index contributed by atoms with van der Waals surface area (Å²) in [6.45, 7) is 0. The first-order valence-electron chi connectivity index (χ1n) is 7.49. The number of benzene rings is 1. The zero-order valence-corrected chi connectivity index (χ0v) is 11.4. The van der Waals surface area contributed by atoms with Crippen LogP contribution in [0.3, 0.4) is 0 Å². The van der Waals surface area contributed by atoms with Gasteiger partial charge in [-0.2, -0.15) is 0 Å². The number of rotatable bonds is 1. The predicted octanol–water partition coefficient (Wildman–Crippen LogP) is 3.49. The summed E-state index contributed by atoms with van der Waals surface area (Å²) in [5.74, 6) is 3.79. The molecule has 0 aliphatic heterocycles. The van der Waals surface area contributed by atoms with Crippen molar-refractivity contribution in [2.75, 3.05) is 7.11 Å². The first-order valence-corrected chi connectivity index (χ1v) is 7.49. The van der Waals surface area contributed by atoms with Crippen molar-refractivity contribution in [3.05, 3.63) is 29.3 Å². The van der Waals surface area contributed by atoms with Crippen LogP contribution in [0.5, 0.6) is 5.75 Å². The first kappa shape index (κ1) is 11.5. The Morgan fingerprint density at radius 3 is 2.84 bits per heavy atom. The van der Waals surface area contributed by atoms with Gasteiger partial charge in [-0.3, -0.25) is 4.79 Å². The van der Waals surface area contributed by atoms with Gasteiger partial charge >= 0.3 is 0 Å². The van der Waals surface area contributed by atoms with Gasteiger partial charge < -0.3 is 4.74 Å². The van der Waals surface area contributed by atoms with E-state index in [-0.39, 0.29) is 0 Å². The Hall–Kier alpha value is -1.31. The maximum Gasteiger partial charge on any atom is 0.166 e. The second kappa shape index (κ2) is 4.09. The van der Waals surface area contributed by atoms with Gasteiger partial charge in [0.2, 0.25) is 0 Å². The van der Waals surface area contributed by atoms with Crippen LogP contribution in [0.1, 0.15) is 41.6 Å². The van der Waals surface area contributed by atoms with Crippen molar-refractivity contribution in [3.63, 3.8) is 0 Å². The van der Waals surface area contributed by atoms with Crippen LogP contribution in [0.2, 0.25) is 0 Å². The number of Topliss-reactive ketones (excluding diaryl/α,β-unsaturated/α-hetero) is 1. The lowest BCUT2D eigenvalue weighted by Gasteiger charge is -2.28. The standard InChI is InChI=1S/C17H20O2/c1-19-13-5-7-15-11(9-13)4-6-14-10-2-3-12(8-10)16(14)17(15)18/h5,7,9-10,12,14,16H,2-4,6,8H2,1H3/t10-,12+,14+,16-/m1/s1. The fraction of sp³-hybridized carbons (Fsp3) is 0.588. The smallest absolute Gasteiger partial charge is 0.166 e. The van der Waals surface area contributed by atoms with Crippen molar-refractivity contribution >= 4 is 5.78 Å². The minimum atomic E-state index is 0.327. The SMILES string of the molecule is COc1ccc2c(c1)CC[C@H]1[C@@H]3CC[C@@H](C3)[C@H]1C2=O. The molecule has 2 heteroatoms. The van der Waals surface area contributed by atoms with Crippen LogP contribution in [-0.4, -0.2) is 12.9 Å². The molecule has 0 spiro atoms. The minimum absolute atomic E-state index is 0.327. The molecule has 3 aliphatic rings. The van der Waals surface area contributed by atoms with Gasteiger partial charge in [-0.15, -0.1) is 0 Å². The topological polar surface area (TPSA) is 26.3 Å². The molecule has 4 rings (SSSR count). The number of aryl methyl sites for hydroxylation is 1. The number of ether oxygens (including phenoxy) is 1. The molecule has 2 nitrogen and oxygen atoms in total. The Bertz CT molecular complexity index is 534. The summed E-state index contributed by atoms with van der Waals surface area (Å²) < 4.78 is 5.29. The predicted molar refractivity (Wildman–Crippen MR) is 73.5 cm³/mol. The number of hydrogen-bond acceptors (Lipinski definition) is 2. The third-order valence-corrected chi connectivity index (χ3v) is 5.72. The highest BCUT2D eigenvalue weighted by molar-refractivity contribution is 6.00. The van der Waals surface area contributed by atoms with Crippen molar-refractivity contribution in [1.29, 1.82) is 0 Å². The summed E-state index contributed by atoms with van der Waals surface area (Å²) in [6.07, 6.45) is 6.19. The summed E-state index contributed by atoms with van der Waals surface area (Å²) in [7, 11) is 1.69. The van der Waals surface area contributed by atoms with Gasteiger partial charge in [0, 0.05) is 11.5 Å². The highest BCUT2D eigenvalue weighted by atomic mass is 16.5. The molecule has 0 unspecified atom stereocenters. The van der Waals surface area contributed by atoms with Crippen LogP contribution in [-0.2, 0) is 6.42 Å². The Labute approximate surface area is 114 Å². The van der Waals surface area contributed by atoms with Gasteiger partial charge in [0.1, 0.15) is 5.75 Å². The van der Waals surface area contributed by atoms with Crippen LogP contribution in [0.25, 0.3) is 0 Å². The van der Waals surface area contributed by atoms with Crippen LogP contribution >= 0.6 is 0 Å². The van der Waals surface area contributed by atoms with E-state index in [2.05, 4.69) is 6.07 Å². The van der Waals surface area contributed by atoms with Crippen molar-refractivity contribution in [2.45, 2.75) is 32.1 Å². The van der Waals surface area contributed by atoms with Crippen LogP contribution in [0.4, 0.5) is 0 Å². The molecule has 2 saturated carbocycles. The molecule has 1 aromatic rings. The van der Waals surface area contributed by atoms with E-state index >= 15 is 0 Å². The monoisotopic (exact) mass is 256 g/mol. The number of carbonyl (C=O) groups is 1. The summed E-state index contributed by atoms with van der Waals surface area (Å²) in [5.41, 5.74) is 2.18. The van der Waals surface area contributed by atoms with E-state index in [9.17, 15) is 4.79 Å². The molecule has 0 aromatic heterocycles. The highest BCUT2D eigenvalue weighted by Crippen LogP contribution is 2.55. The third kappa shape index (κ3) is 1.58. The van der Waals surface area contributed by atoms with Crippen molar-refractivity contribution in [3.8, 4) is 5.75 Å². The fourth-order valence-corrected chi connectivity index (χ4v) is 4.88. The van der Waals surface area contributed by atoms with E-state index in [1.165, 1.54) is 31.2 Å². The molecule has 3 aliphatic carbocycles. The minimum Gasteiger partial charge on any atom is -0.497 e. The number of ketones is 1. The van der Waals surface area contributed by atoms with Gasteiger partial charge in [0.15, 0.2) is 5.78 Å². The van der Waals surface area contributed by atoms with Crippen molar-refractivity contribution < 1.29 is 9.53 Å². The Balaban J connectivity index is 1.76. The van der Waals surface area contributed by atoms with Gasteiger partial charge in [-0.05, 0) is 73.6 Å². The van der Waals surface area contributed by atoms with Crippen molar-refractivity contribution in [2.24, 2.45) is 23.7 Å². The molecule has 0 saturated heterocycles. The molecule has 0 radical (unpaired) electrons. The maximum atomic E-state index is 12.9. The summed E-state index contributed by atoms with van der Waals surface area (Å²) in [6, 6.07) is 5.99. The second-order valence-electron chi connectivity index (χ2n) is 6.45. The first-order chi connectivity index (χ1) is 9.28. The Morgan fingerprint density at radius 1 is 1.16 bits per heavy atom. The number of methoxy groups -OCH3 is 1. The Morgan fingerprint density at radius 2 is 2.00 bits per heavy atom. The van der Waals surface area contributed by atoms with E-state index in [0.29, 0.717) is 23.5 Å². The lowest BCUT2D eigenvalue weighted by atomic mass is 9.75. The van der Waals surface area contributed by atoms with E-state index in [1.54, 1.807) is 7.11 Å². The largest absolute Gasteiger partial charge is 0.497 e. The molecule has 2 fully saturated rings. The quantitative estimate of drug-likeness (QED) is 0.769. The summed E-state index contributed by atoms with van der Waals surface area (Å²) in [5, 5.41) is 0. The number of hydrogen-bond donors (Lipinski definition) is 0. The molecular formula is C17H20O2.